The lowest BCUT2D eigenvalue weighted by Crippen LogP contribution is -1.90. The maximum atomic E-state index is 5.86. The lowest BCUT2D eigenvalue weighted by atomic mass is 10.2. The fourth-order valence-corrected chi connectivity index (χ4v) is 3.47. The van der Waals surface area contributed by atoms with Crippen LogP contribution in [0.2, 0.25) is 0 Å². The SMILES string of the molecule is Cc1cc(Sc2ccccc2Br)c(Br)cc1N. The van der Waals surface area contributed by atoms with Crippen LogP contribution in [0.5, 0.6) is 0 Å². The van der Waals surface area contributed by atoms with Crippen LogP contribution in [0.25, 0.3) is 0 Å². The second-order valence-electron chi connectivity index (χ2n) is 3.67. The summed E-state index contributed by atoms with van der Waals surface area (Å²) in [7, 11) is 0. The van der Waals surface area contributed by atoms with Gasteiger partial charge in [-0.15, -0.1) is 0 Å². The first kappa shape index (κ1) is 13.0. The fourth-order valence-electron chi connectivity index (χ4n) is 1.39. The lowest BCUT2D eigenvalue weighted by molar-refractivity contribution is 1.31. The Labute approximate surface area is 122 Å². The minimum Gasteiger partial charge on any atom is -0.398 e. The molecule has 1 nitrogen and oxygen atoms in total. The molecule has 0 atom stereocenters. The summed E-state index contributed by atoms with van der Waals surface area (Å²) in [5.41, 5.74) is 7.78. The smallest absolute Gasteiger partial charge is 0.0355 e. The molecule has 0 fully saturated rings. The molecule has 0 aliphatic heterocycles. The predicted molar refractivity (Wildman–Crippen MR) is 81.6 cm³/mol. The van der Waals surface area contributed by atoms with Gasteiger partial charge in [0.25, 0.3) is 0 Å². The standard InChI is InChI=1S/C13H11Br2NS/c1-8-6-13(10(15)7-11(8)16)17-12-5-3-2-4-9(12)14/h2-7H,16H2,1H3. The maximum Gasteiger partial charge on any atom is 0.0355 e. The van der Waals surface area contributed by atoms with Crippen molar-refractivity contribution in [1.29, 1.82) is 0 Å². The molecule has 0 saturated heterocycles. The van der Waals surface area contributed by atoms with E-state index < -0.39 is 0 Å². The summed E-state index contributed by atoms with van der Waals surface area (Å²) in [6.45, 7) is 2.02. The summed E-state index contributed by atoms with van der Waals surface area (Å²) in [5.74, 6) is 0. The molecule has 0 saturated carbocycles. The molecule has 2 aromatic carbocycles. The third-order valence-electron chi connectivity index (χ3n) is 2.38. The normalized spacial score (nSPS) is 10.5. The van der Waals surface area contributed by atoms with Crippen LogP contribution in [0.4, 0.5) is 5.69 Å². The van der Waals surface area contributed by atoms with Crippen molar-refractivity contribution in [3.63, 3.8) is 0 Å². The van der Waals surface area contributed by atoms with Gasteiger partial charge >= 0.3 is 0 Å². The highest BCUT2D eigenvalue weighted by Crippen LogP contribution is 2.38. The van der Waals surface area contributed by atoms with Crippen LogP contribution in [-0.4, -0.2) is 0 Å². The number of nitrogens with two attached hydrogens (primary N) is 1. The Balaban J connectivity index is 2.37. The van der Waals surface area contributed by atoms with E-state index in [2.05, 4.69) is 44.0 Å². The zero-order valence-corrected chi connectivity index (χ0v) is 13.2. The molecule has 88 valence electrons. The molecule has 0 aliphatic carbocycles. The largest absolute Gasteiger partial charge is 0.398 e. The first-order valence-corrected chi connectivity index (χ1v) is 7.46. The summed E-state index contributed by atoms with van der Waals surface area (Å²) >= 11 is 8.81. The number of nitrogen functional groups attached to an aromatic ring is 1. The molecule has 2 N–H and O–H groups in total. The molecule has 0 aromatic heterocycles. The summed E-state index contributed by atoms with van der Waals surface area (Å²) < 4.78 is 2.13. The predicted octanol–water partition coefficient (Wildman–Crippen LogP) is 5.25. The van der Waals surface area contributed by atoms with Crippen molar-refractivity contribution >= 4 is 49.3 Å². The second kappa shape index (κ2) is 5.46. The first-order chi connectivity index (χ1) is 8.08. The van der Waals surface area contributed by atoms with Gasteiger partial charge in [0, 0.05) is 24.4 Å². The summed E-state index contributed by atoms with van der Waals surface area (Å²) in [6, 6.07) is 12.2. The van der Waals surface area contributed by atoms with Gasteiger partial charge in [-0.25, -0.2) is 0 Å². The summed E-state index contributed by atoms with van der Waals surface area (Å²) in [5, 5.41) is 0. The molecule has 0 spiro atoms. The number of hydrogen-bond donors (Lipinski definition) is 1. The monoisotopic (exact) mass is 371 g/mol. The first-order valence-electron chi connectivity index (χ1n) is 5.06. The molecule has 4 heteroatoms. The Hall–Kier alpha value is -0.450. The van der Waals surface area contributed by atoms with E-state index in [9.17, 15) is 0 Å². The number of aryl methyl sites for hydroxylation is 1. The molecule has 0 unspecified atom stereocenters. The van der Waals surface area contributed by atoms with E-state index in [1.54, 1.807) is 11.8 Å². The van der Waals surface area contributed by atoms with Gasteiger partial charge < -0.3 is 5.73 Å². The molecule has 17 heavy (non-hydrogen) atoms. The van der Waals surface area contributed by atoms with E-state index in [1.165, 1.54) is 9.79 Å². The van der Waals surface area contributed by atoms with Crippen LogP contribution in [0, 0.1) is 6.92 Å². The van der Waals surface area contributed by atoms with Gasteiger partial charge in [0.15, 0.2) is 0 Å². The minimum atomic E-state index is 0.813. The number of halogens is 2. The van der Waals surface area contributed by atoms with E-state index in [1.807, 2.05) is 31.2 Å². The average molecular weight is 373 g/mol. The van der Waals surface area contributed by atoms with Gasteiger partial charge in [-0.2, -0.15) is 0 Å². The highest BCUT2D eigenvalue weighted by Gasteiger charge is 2.07. The number of benzene rings is 2. The summed E-state index contributed by atoms with van der Waals surface area (Å²) in [4.78, 5) is 2.36. The van der Waals surface area contributed by atoms with Crippen LogP contribution < -0.4 is 5.73 Å². The summed E-state index contributed by atoms with van der Waals surface area (Å²) in [6.07, 6.45) is 0. The van der Waals surface area contributed by atoms with Crippen molar-refractivity contribution in [3.8, 4) is 0 Å². The van der Waals surface area contributed by atoms with Crippen LogP contribution in [0.1, 0.15) is 5.56 Å². The van der Waals surface area contributed by atoms with E-state index in [-0.39, 0.29) is 0 Å². The Morgan fingerprint density at radius 3 is 2.41 bits per heavy atom. The van der Waals surface area contributed by atoms with Crippen LogP contribution in [0.15, 0.2) is 55.1 Å². The molecule has 2 aromatic rings. The van der Waals surface area contributed by atoms with Crippen molar-refractivity contribution in [2.24, 2.45) is 0 Å². The van der Waals surface area contributed by atoms with Crippen molar-refractivity contribution in [1.82, 2.24) is 0 Å². The van der Waals surface area contributed by atoms with Gasteiger partial charge in [0.1, 0.15) is 0 Å². The molecule has 2 rings (SSSR count). The van der Waals surface area contributed by atoms with Crippen LogP contribution in [0.3, 0.4) is 0 Å². The zero-order valence-electron chi connectivity index (χ0n) is 9.21. The minimum absolute atomic E-state index is 0.813. The van der Waals surface area contributed by atoms with Crippen molar-refractivity contribution < 1.29 is 0 Å². The molecule has 0 heterocycles. The van der Waals surface area contributed by atoms with Gasteiger partial charge in [0.05, 0.1) is 0 Å². The Kier molecular flexibility index (Phi) is 4.17. The van der Waals surface area contributed by atoms with Gasteiger partial charge in [-0.1, -0.05) is 23.9 Å². The van der Waals surface area contributed by atoms with Gasteiger partial charge in [-0.3, -0.25) is 0 Å². The average Bonchev–Trinajstić information content (AvgIpc) is 2.29. The Morgan fingerprint density at radius 2 is 1.71 bits per heavy atom. The zero-order chi connectivity index (χ0) is 12.4. The van der Waals surface area contributed by atoms with E-state index in [0.29, 0.717) is 0 Å². The maximum absolute atomic E-state index is 5.86. The van der Waals surface area contributed by atoms with Crippen LogP contribution >= 0.6 is 43.6 Å². The highest BCUT2D eigenvalue weighted by atomic mass is 79.9. The van der Waals surface area contributed by atoms with Gasteiger partial charge in [-0.05, 0) is 68.6 Å². The molecule has 0 radical (unpaired) electrons. The van der Waals surface area contributed by atoms with E-state index in [0.717, 1.165) is 20.2 Å². The Morgan fingerprint density at radius 1 is 1.00 bits per heavy atom. The quantitative estimate of drug-likeness (QED) is 0.728. The third kappa shape index (κ3) is 3.06. The van der Waals surface area contributed by atoms with E-state index in [4.69, 9.17) is 5.73 Å². The molecule has 0 amide bonds. The topological polar surface area (TPSA) is 26.0 Å². The van der Waals surface area contributed by atoms with E-state index >= 15 is 0 Å². The molecular formula is C13H11Br2NS. The lowest BCUT2D eigenvalue weighted by Gasteiger charge is -2.09. The second-order valence-corrected chi connectivity index (χ2v) is 6.46. The van der Waals surface area contributed by atoms with Crippen LogP contribution in [-0.2, 0) is 0 Å². The van der Waals surface area contributed by atoms with Crippen molar-refractivity contribution in [2.45, 2.75) is 16.7 Å². The number of hydrogen-bond acceptors (Lipinski definition) is 2. The molecular weight excluding hydrogens is 362 g/mol. The number of anilines is 1. The van der Waals surface area contributed by atoms with Crippen molar-refractivity contribution in [2.75, 3.05) is 5.73 Å². The Bertz CT molecular complexity index is 555. The third-order valence-corrected chi connectivity index (χ3v) is 5.38. The highest BCUT2D eigenvalue weighted by molar-refractivity contribution is 9.11. The molecule has 0 bridgehead atoms. The molecule has 0 aliphatic rings. The fraction of sp³-hybridized carbons (Fsp3) is 0.0769. The van der Waals surface area contributed by atoms with Gasteiger partial charge in [0.2, 0.25) is 0 Å². The number of rotatable bonds is 2. The van der Waals surface area contributed by atoms with Crippen molar-refractivity contribution in [3.05, 3.63) is 50.9 Å².